The number of urea groups is 1. The van der Waals surface area contributed by atoms with Crippen molar-refractivity contribution in [2.75, 3.05) is 19.6 Å². The fourth-order valence-electron chi connectivity index (χ4n) is 3.30. The number of rotatable bonds is 7. The molecule has 1 aliphatic heterocycles. The van der Waals surface area contributed by atoms with Crippen LogP contribution in [-0.2, 0) is 21.4 Å². The first-order valence-corrected chi connectivity index (χ1v) is 11.8. The number of amides is 3. The number of halogens is 1. The van der Waals surface area contributed by atoms with Crippen LogP contribution in [0.15, 0.2) is 59.5 Å². The zero-order valence-corrected chi connectivity index (χ0v) is 18.5. The Hall–Kier alpha value is -2.46. The number of benzene rings is 2. The third-order valence-electron chi connectivity index (χ3n) is 4.95. The Morgan fingerprint density at radius 2 is 1.65 bits per heavy atom. The standard InChI is InChI=1S/C21H25ClN4O4S/c22-17-6-8-19(9-7-17)31(29,30)25-18-10-12-26(13-11-18)15-20(27)24-21(28)23-14-16-4-2-1-3-5-16/h1-9,18,25H,10-15H2,(H2,23,24,27,28). The molecule has 2 aromatic carbocycles. The van der Waals surface area contributed by atoms with E-state index in [9.17, 15) is 18.0 Å². The lowest BCUT2D eigenvalue weighted by Crippen LogP contribution is -2.49. The molecule has 166 valence electrons. The number of carbonyl (C=O) groups excluding carboxylic acids is 2. The topological polar surface area (TPSA) is 108 Å². The Morgan fingerprint density at radius 3 is 2.29 bits per heavy atom. The Kier molecular flexibility index (Phi) is 8.03. The van der Waals surface area contributed by atoms with E-state index >= 15 is 0 Å². The number of carbonyl (C=O) groups is 2. The number of nitrogens with one attached hydrogen (secondary N) is 3. The second-order valence-electron chi connectivity index (χ2n) is 7.34. The minimum Gasteiger partial charge on any atom is -0.334 e. The number of imide groups is 1. The fraction of sp³-hybridized carbons (Fsp3) is 0.333. The van der Waals surface area contributed by atoms with E-state index < -0.39 is 22.0 Å². The third-order valence-corrected chi connectivity index (χ3v) is 6.74. The van der Waals surface area contributed by atoms with Crippen molar-refractivity contribution in [1.82, 2.24) is 20.3 Å². The van der Waals surface area contributed by atoms with Crippen LogP contribution in [0.4, 0.5) is 4.79 Å². The molecule has 3 amide bonds. The van der Waals surface area contributed by atoms with Gasteiger partial charge < -0.3 is 5.32 Å². The van der Waals surface area contributed by atoms with E-state index in [0.717, 1.165) is 5.56 Å². The van der Waals surface area contributed by atoms with Crippen molar-refractivity contribution in [2.24, 2.45) is 0 Å². The predicted octanol–water partition coefficient (Wildman–Crippen LogP) is 2.11. The Balaban J connectivity index is 1.38. The van der Waals surface area contributed by atoms with Crippen molar-refractivity contribution in [3.8, 4) is 0 Å². The molecule has 1 saturated heterocycles. The molecule has 1 heterocycles. The van der Waals surface area contributed by atoms with Crippen LogP contribution in [-0.4, -0.2) is 50.9 Å². The monoisotopic (exact) mass is 464 g/mol. The number of hydrogen-bond donors (Lipinski definition) is 3. The molecular formula is C21H25ClN4O4S. The first kappa shape index (κ1) is 23.2. The summed E-state index contributed by atoms with van der Waals surface area (Å²) in [6.45, 7) is 1.51. The van der Waals surface area contributed by atoms with Gasteiger partial charge in [-0.3, -0.25) is 15.0 Å². The molecule has 8 nitrogen and oxygen atoms in total. The van der Waals surface area contributed by atoms with Gasteiger partial charge in [-0.2, -0.15) is 0 Å². The third kappa shape index (κ3) is 7.32. The zero-order valence-electron chi connectivity index (χ0n) is 16.9. The van der Waals surface area contributed by atoms with E-state index in [2.05, 4.69) is 15.4 Å². The summed E-state index contributed by atoms with van der Waals surface area (Å²) >= 11 is 5.81. The van der Waals surface area contributed by atoms with Gasteiger partial charge in [0.2, 0.25) is 15.9 Å². The highest BCUT2D eigenvalue weighted by atomic mass is 35.5. The van der Waals surface area contributed by atoms with Crippen LogP contribution in [0, 0.1) is 0 Å². The van der Waals surface area contributed by atoms with E-state index in [0.29, 0.717) is 37.5 Å². The van der Waals surface area contributed by atoms with Crippen LogP contribution in [0.5, 0.6) is 0 Å². The van der Waals surface area contributed by atoms with Crippen molar-refractivity contribution in [3.63, 3.8) is 0 Å². The highest BCUT2D eigenvalue weighted by Gasteiger charge is 2.25. The number of likely N-dealkylation sites (tertiary alicyclic amines) is 1. The average Bonchev–Trinajstić information content (AvgIpc) is 2.74. The molecule has 0 bridgehead atoms. The summed E-state index contributed by atoms with van der Waals surface area (Å²) in [5.74, 6) is -0.397. The quantitative estimate of drug-likeness (QED) is 0.581. The van der Waals surface area contributed by atoms with E-state index in [1.165, 1.54) is 24.3 Å². The van der Waals surface area contributed by atoms with Gasteiger partial charge in [0.15, 0.2) is 0 Å². The van der Waals surface area contributed by atoms with Crippen LogP contribution in [0.25, 0.3) is 0 Å². The van der Waals surface area contributed by atoms with Crippen LogP contribution in [0.3, 0.4) is 0 Å². The first-order chi connectivity index (χ1) is 14.8. The van der Waals surface area contributed by atoms with Gasteiger partial charge in [0.05, 0.1) is 11.4 Å². The molecule has 0 spiro atoms. The van der Waals surface area contributed by atoms with Gasteiger partial charge in [-0.1, -0.05) is 41.9 Å². The summed E-state index contributed by atoms with van der Waals surface area (Å²) in [6.07, 6.45) is 1.14. The summed E-state index contributed by atoms with van der Waals surface area (Å²) in [7, 11) is -3.62. The minimum atomic E-state index is -3.62. The molecule has 0 aromatic heterocycles. The molecule has 3 rings (SSSR count). The normalized spacial score (nSPS) is 15.4. The molecule has 3 N–H and O–H groups in total. The molecule has 1 aliphatic rings. The maximum absolute atomic E-state index is 12.5. The second-order valence-corrected chi connectivity index (χ2v) is 9.49. The van der Waals surface area contributed by atoms with Gasteiger partial charge in [0, 0.05) is 30.7 Å². The number of nitrogens with zero attached hydrogens (tertiary/aromatic N) is 1. The minimum absolute atomic E-state index is 0.0788. The van der Waals surface area contributed by atoms with E-state index in [-0.39, 0.29) is 17.5 Å². The molecule has 0 saturated carbocycles. The van der Waals surface area contributed by atoms with Gasteiger partial charge in [0.1, 0.15) is 0 Å². The predicted molar refractivity (Wildman–Crippen MR) is 118 cm³/mol. The number of piperidine rings is 1. The SMILES string of the molecule is O=C(CN1CCC(NS(=O)(=O)c2ccc(Cl)cc2)CC1)NC(=O)NCc1ccccc1. The maximum Gasteiger partial charge on any atom is 0.321 e. The van der Waals surface area contributed by atoms with E-state index in [1.807, 2.05) is 35.2 Å². The van der Waals surface area contributed by atoms with E-state index in [1.54, 1.807) is 0 Å². The molecule has 0 unspecified atom stereocenters. The number of sulfonamides is 1. The van der Waals surface area contributed by atoms with Crippen molar-refractivity contribution in [3.05, 3.63) is 65.2 Å². The van der Waals surface area contributed by atoms with Gasteiger partial charge in [-0.25, -0.2) is 17.9 Å². The largest absolute Gasteiger partial charge is 0.334 e. The average molecular weight is 465 g/mol. The van der Waals surface area contributed by atoms with Crippen LogP contribution in [0.2, 0.25) is 5.02 Å². The second kappa shape index (κ2) is 10.7. The lowest BCUT2D eigenvalue weighted by molar-refractivity contribution is -0.121. The van der Waals surface area contributed by atoms with Gasteiger partial charge in [-0.15, -0.1) is 0 Å². The lowest BCUT2D eigenvalue weighted by atomic mass is 10.1. The Morgan fingerprint density at radius 1 is 1.00 bits per heavy atom. The lowest BCUT2D eigenvalue weighted by Gasteiger charge is -2.31. The highest BCUT2D eigenvalue weighted by molar-refractivity contribution is 7.89. The van der Waals surface area contributed by atoms with Gasteiger partial charge in [0.25, 0.3) is 0 Å². The summed E-state index contributed by atoms with van der Waals surface area (Å²) < 4.78 is 27.7. The highest BCUT2D eigenvalue weighted by Crippen LogP contribution is 2.17. The van der Waals surface area contributed by atoms with Crippen molar-refractivity contribution >= 4 is 33.6 Å². The van der Waals surface area contributed by atoms with Crippen molar-refractivity contribution in [1.29, 1.82) is 0 Å². The number of hydrogen-bond acceptors (Lipinski definition) is 5. The van der Waals surface area contributed by atoms with Crippen molar-refractivity contribution in [2.45, 2.75) is 30.3 Å². The fourth-order valence-corrected chi connectivity index (χ4v) is 4.73. The molecule has 31 heavy (non-hydrogen) atoms. The van der Waals surface area contributed by atoms with Crippen LogP contribution >= 0.6 is 11.6 Å². The smallest absolute Gasteiger partial charge is 0.321 e. The van der Waals surface area contributed by atoms with Crippen molar-refractivity contribution < 1.29 is 18.0 Å². The summed E-state index contributed by atoms with van der Waals surface area (Å²) in [6, 6.07) is 14.6. The van der Waals surface area contributed by atoms with E-state index in [4.69, 9.17) is 11.6 Å². The Bertz CT molecular complexity index is 992. The Labute approximate surface area is 187 Å². The van der Waals surface area contributed by atoms with Gasteiger partial charge >= 0.3 is 6.03 Å². The summed E-state index contributed by atoms with van der Waals surface area (Å²) in [5, 5.41) is 5.44. The molecule has 0 aliphatic carbocycles. The molecule has 0 radical (unpaired) electrons. The zero-order chi connectivity index (χ0) is 22.3. The molecular weight excluding hydrogens is 440 g/mol. The summed E-state index contributed by atoms with van der Waals surface area (Å²) in [4.78, 5) is 26.1. The van der Waals surface area contributed by atoms with Crippen LogP contribution in [0.1, 0.15) is 18.4 Å². The first-order valence-electron chi connectivity index (χ1n) is 9.94. The molecule has 2 aromatic rings. The maximum atomic E-state index is 12.5. The summed E-state index contributed by atoms with van der Waals surface area (Å²) in [5.41, 5.74) is 0.938. The molecule has 10 heteroatoms. The van der Waals surface area contributed by atoms with Gasteiger partial charge in [-0.05, 0) is 42.7 Å². The van der Waals surface area contributed by atoms with Crippen LogP contribution < -0.4 is 15.4 Å². The molecule has 0 atom stereocenters. The molecule has 1 fully saturated rings.